The van der Waals surface area contributed by atoms with Gasteiger partial charge in [-0.2, -0.15) is 0 Å². The summed E-state index contributed by atoms with van der Waals surface area (Å²) < 4.78 is 0. The first kappa shape index (κ1) is 17.8. The Hall–Kier alpha value is -3.00. The Bertz CT molecular complexity index is 760. The molecule has 1 saturated heterocycles. The summed E-state index contributed by atoms with van der Waals surface area (Å²) in [4.78, 5) is 23.8. The molecule has 8 heteroatoms. The van der Waals surface area contributed by atoms with Gasteiger partial charge in [-0.1, -0.05) is 36.4 Å². The van der Waals surface area contributed by atoms with E-state index in [1.54, 1.807) is 0 Å². The van der Waals surface area contributed by atoms with E-state index in [0.29, 0.717) is 25.5 Å². The monoisotopic (exact) mass is 354 g/mol. The zero-order valence-corrected chi connectivity index (χ0v) is 14.5. The minimum atomic E-state index is -0.404. The first-order valence-electron chi connectivity index (χ1n) is 8.54. The predicted molar refractivity (Wildman–Crippen MR) is 101 cm³/mol. The number of nitro groups is 1. The van der Waals surface area contributed by atoms with E-state index in [2.05, 4.69) is 26.8 Å². The van der Waals surface area contributed by atoms with Crippen LogP contribution in [0, 0.1) is 10.1 Å². The van der Waals surface area contributed by atoms with E-state index >= 15 is 0 Å². The summed E-state index contributed by atoms with van der Waals surface area (Å²) >= 11 is 0. The third-order valence-electron chi connectivity index (χ3n) is 4.35. The third-order valence-corrected chi connectivity index (χ3v) is 4.35. The summed E-state index contributed by atoms with van der Waals surface area (Å²) in [5, 5.41) is 14.8. The molecule has 1 N–H and O–H groups in total. The number of rotatable bonds is 7. The number of hydrogen-bond acceptors (Lipinski definition) is 7. The molecular weight excluding hydrogens is 332 g/mol. The molecular formula is C18H22N6O2. The molecule has 2 heterocycles. The molecule has 0 amide bonds. The molecule has 1 fully saturated rings. The van der Waals surface area contributed by atoms with Gasteiger partial charge in [0.05, 0.1) is 4.92 Å². The zero-order chi connectivity index (χ0) is 18.4. The average molecular weight is 354 g/mol. The summed E-state index contributed by atoms with van der Waals surface area (Å²) in [6.07, 6.45) is 3.25. The van der Waals surface area contributed by atoms with Gasteiger partial charge in [0, 0.05) is 39.3 Å². The highest BCUT2D eigenvalue weighted by atomic mass is 16.6. The van der Waals surface area contributed by atoms with Crippen LogP contribution in [-0.2, 0) is 6.54 Å². The van der Waals surface area contributed by atoms with Gasteiger partial charge >= 0.3 is 5.69 Å². The lowest BCUT2D eigenvalue weighted by Gasteiger charge is -2.34. The summed E-state index contributed by atoms with van der Waals surface area (Å²) in [7, 11) is 0. The van der Waals surface area contributed by atoms with Crippen LogP contribution in [-0.4, -0.2) is 52.5 Å². The molecule has 2 aromatic rings. The second kappa shape index (κ2) is 8.39. The lowest BCUT2D eigenvalue weighted by Crippen LogP contribution is -2.46. The van der Waals surface area contributed by atoms with E-state index in [1.807, 2.05) is 41.3 Å². The smallest absolute Gasteiger partial charge is 0.353 e. The van der Waals surface area contributed by atoms with Crippen molar-refractivity contribution in [1.82, 2.24) is 14.9 Å². The van der Waals surface area contributed by atoms with Crippen LogP contribution in [0.25, 0.3) is 0 Å². The molecule has 1 aliphatic rings. The maximum Gasteiger partial charge on any atom is 0.353 e. The molecule has 0 bridgehead atoms. The highest BCUT2D eigenvalue weighted by molar-refractivity contribution is 5.70. The maximum atomic E-state index is 11.7. The molecule has 1 aliphatic heterocycles. The van der Waals surface area contributed by atoms with Gasteiger partial charge in [-0.15, -0.1) is 6.58 Å². The number of anilines is 2. The highest BCUT2D eigenvalue weighted by Crippen LogP contribution is 2.32. The molecule has 8 nitrogen and oxygen atoms in total. The van der Waals surface area contributed by atoms with Crippen molar-refractivity contribution >= 4 is 17.3 Å². The molecule has 26 heavy (non-hydrogen) atoms. The second-order valence-electron chi connectivity index (χ2n) is 6.07. The van der Waals surface area contributed by atoms with Crippen LogP contribution in [0.3, 0.4) is 0 Å². The Labute approximate surface area is 152 Å². The molecule has 3 rings (SSSR count). The standard InChI is InChI=1S/C18H22N6O2/c1-2-8-22-9-11-23(12-10-22)18-16(24(25)26)17(20-14-21-18)19-13-15-6-4-3-5-7-15/h2-7,14H,1,8-13H2,(H,19,20,21). The van der Waals surface area contributed by atoms with E-state index in [9.17, 15) is 10.1 Å². The Balaban J connectivity index is 1.78. The minimum absolute atomic E-state index is 0.0689. The van der Waals surface area contributed by atoms with Gasteiger partial charge in [-0.05, 0) is 5.56 Å². The van der Waals surface area contributed by atoms with Gasteiger partial charge in [-0.25, -0.2) is 9.97 Å². The fourth-order valence-corrected chi connectivity index (χ4v) is 3.00. The molecule has 0 radical (unpaired) electrons. The normalized spacial score (nSPS) is 14.8. The number of nitrogens with zero attached hydrogens (tertiary/aromatic N) is 5. The van der Waals surface area contributed by atoms with Crippen LogP contribution in [0.1, 0.15) is 5.56 Å². The predicted octanol–water partition coefficient (Wildman–Crippen LogP) is 2.30. The van der Waals surface area contributed by atoms with Crippen molar-refractivity contribution in [3.63, 3.8) is 0 Å². The van der Waals surface area contributed by atoms with E-state index in [1.165, 1.54) is 6.33 Å². The van der Waals surface area contributed by atoms with E-state index in [-0.39, 0.29) is 11.5 Å². The molecule has 1 aromatic heterocycles. The van der Waals surface area contributed by atoms with Gasteiger partial charge in [-0.3, -0.25) is 15.0 Å². The quantitative estimate of drug-likeness (QED) is 0.464. The van der Waals surface area contributed by atoms with Crippen LogP contribution in [0.15, 0.2) is 49.3 Å². The Kier molecular flexibility index (Phi) is 5.75. The van der Waals surface area contributed by atoms with Gasteiger partial charge < -0.3 is 10.2 Å². The summed E-state index contributed by atoms with van der Waals surface area (Å²) in [6, 6.07) is 9.71. The lowest BCUT2D eigenvalue weighted by atomic mass is 10.2. The van der Waals surface area contributed by atoms with Gasteiger partial charge in [0.25, 0.3) is 0 Å². The molecule has 0 atom stereocenters. The Morgan fingerprint density at radius 3 is 2.58 bits per heavy atom. The molecule has 136 valence electrons. The van der Waals surface area contributed by atoms with Gasteiger partial charge in [0.1, 0.15) is 6.33 Å². The SMILES string of the molecule is C=CCN1CCN(c2ncnc(NCc3ccccc3)c2[N+](=O)[O-])CC1. The number of hydrogen-bond donors (Lipinski definition) is 1. The largest absolute Gasteiger partial charge is 0.360 e. The van der Waals surface area contributed by atoms with Crippen LogP contribution in [0.2, 0.25) is 0 Å². The van der Waals surface area contributed by atoms with Crippen molar-refractivity contribution in [1.29, 1.82) is 0 Å². The molecule has 0 spiro atoms. The van der Waals surface area contributed by atoms with Crippen LogP contribution in [0.4, 0.5) is 17.3 Å². The summed E-state index contributed by atoms with van der Waals surface area (Å²) in [5.41, 5.74) is 0.959. The van der Waals surface area contributed by atoms with Crippen molar-refractivity contribution in [2.75, 3.05) is 42.9 Å². The van der Waals surface area contributed by atoms with Gasteiger partial charge in [0.15, 0.2) is 0 Å². The summed E-state index contributed by atoms with van der Waals surface area (Å²) in [6.45, 7) is 8.05. The number of benzene rings is 1. The third kappa shape index (κ3) is 4.15. The first-order valence-corrected chi connectivity index (χ1v) is 8.54. The topological polar surface area (TPSA) is 87.4 Å². The molecule has 0 saturated carbocycles. The fourth-order valence-electron chi connectivity index (χ4n) is 3.00. The lowest BCUT2D eigenvalue weighted by molar-refractivity contribution is -0.383. The Morgan fingerprint density at radius 1 is 1.19 bits per heavy atom. The number of piperazine rings is 1. The maximum absolute atomic E-state index is 11.7. The van der Waals surface area contributed by atoms with Crippen molar-refractivity contribution < 1.29 is 4.92 Å². The van der Waals surface area contributed by atoms with Crippen molar-refractivity contribution in [3.8, 4) is 0 Å². The van der Waals surface area contributed by atoms with Crippen LogP contribution < -0.4 is 10.2 Å². The minimum Gasteiger partial charge on any atom is -0.360 e. The van der Waals surface area contributed by atoms with Crippen molar-refractivity contribution in [2.45, 2.75) is 6.54 Å². The zero-order valence-electron chi connectivity index (χ0n) is 14.5. The fraction of sp³-hybridized carbons (Fsp3) is 0.333. The first-order chi connectivity index (χ1) is 12.7. The van der Waals surface area contributed by atoms with E-state index in [4.69, 9.17) is 0 Å². The van der Waals surface area contributed by atoms with Crippen LogP contribution in [0.5, 0.6) is 0 Å². The van der Waals surface area contributed by atoms with Crippen molar-refractivity contribution in [3.05, 3.63) is 65.0 Å². The summed E-state index contributed by atoms with van der Waals surface area (Å²) in [5.74, 6) is 0.621. The van der Waals surface area contributed by atoms with E-state index < -0.39 is 4.92 Å². The van der Waals surface area contributed by atoms with Crippen molar-refractivity contribution in [2.24, 2.45) is 0 Å². The van der Waals surface area contributed by atoms with Gasteiger partial charge in [0.2, 0.25) is 11.6 Å². The van der Waals surface area contributed by atoms with E-state index in [0.717, 1.165) is 25.2 Å². The second-order valence-corrected chi connectivity index (χ2v) is 6.07. The average Bonchev–Trinajstić information content (AvgIpc) is 2.67. The highest BCUT2D eigenvalue weighted by Gasteiger charge is 2.28. The molecule has 0 aliphatic carbocycles. The molecule has 1 aromatic carbocycles. The number of nitrogens with one attached hydrogen (secondary N) is 1. The van der Waals surface area contributed by atoms with Crippen LogP contribution >= 0.6 is 0 Å². The molecule has 0 unspecified atom stereocenters. The Morgan fingerprint density at radius 2 is 1.92 bits per heavy atom. The number of aromatic nitrogens is 2.